The fourth-order valence-corrected chi connectivity index (χ4v) is 2.49. The monoisotopic (exact) mass is 372 g/mol. The number of benzene rings is 1. The average molecular weight is 372 g/mol. The largest absolute Gasteiger partial charge is 0.444 e. The zero-order valence-corrected chi connectivity index (χ0v) is 16.2. The summed E-state index contributed by atoms with van der Waals surface area (Å²) < 4.78 is 7.00. The van der Waals surface area contributed by atoms with E-state index >= 15 is 0 Å². The lowest BCUT2D eigenvalue weighted by molar-refractivity contribution is -0.121. The number of ether oxygens (including phenoxy) is 1. The van der Waals surface area contributed by atoms with Gasteiger partial charge in [-0.3, -0.25) is 9.48 Å². The Morgan fingerprint density at radius 2 is 1.85 bits per heavy atom. The van der Waals surface area contributed by atoms with Crippen molar-refractivity contribution < 1.29 is 14.3 Å². The molecule has 0 bridgehead atoms. The van der Waals surface area contributed by atoms with Crippen LogP contribution in [0.15, 0.2) is 42.7 Å². The molecule has 1 aromatic heterocycles. The van der Waals surface area contributed by atoms with Crippen molar-refractivity contribution >= 4 is 12.0 Å². The van der Waals surface area contributed by atoms with Gasteiger partial charge in [0.05, 0.1) is 6.54 Å². The smallest absolute Gasteiger partial charge is 0.407 e. The number of rotatable bonds is 8. The second-order valence-corrected chi connectivity index (χ2v) is 7.28. The van der Waals surface area contributed by atoms with Crippen molar-refractivity contribution in [2.45, 2.75) is 52.3 Å². The zero-order chi connectivity index (χ0) is 19.7. The summed E-state index contributed by atoms with van der Waals surface area (Å²) in [7, 11) is 0. The van der Waals surface area contributed by atoms with E-state index in [1.807, 2.05) is 62.0 Å². The first-order valence-corrected chi connectivity index (χ1v) is 9.11. The second kappa shape index (κ2) is 9.75. The first-order chi connectivity index (χ1) is 12.8. The predicted octanol–water partition coefficient (Wildman–Crippen LogP) is 2.85. The number of hydrogen-bond donors (Lipinski definition) is 2. The molecule has 0 spiro atoms. The first-order valence-electron chi connectivity index (χ1n) is 9.11. The number of nitrogens with zero attached hydrogens (tertiary/aromatic N) is 2. The van der Waals surface area contributed by atoms with Crippen LogP contribution in [0.3, 0.4) is 0 Å². The van der Waals surface area contributed by atoms with E-state index in [4.69, 9.17) is 4.74 Å². The Hall–Kier alpha value is -2.83. The molecule has 0 atom stereocenters. The van der Waals surface area contributed by atoms with Gasteiger partial charge in [-0.15, -0.1) is 0 Å². The number of nitrogens with one attached hydrogen (secondary N) is 2. The molecule has 27 heavy (non-hydrogen) atoms. The Kier molecular flexibility index (Phi) is 7.40. The standard InChI is InChI=1S/C20H28N4O3/c1-20(2,3)27-19(26)21-11-6-10-18(25)22-14-16-8-4-5-9-17(16)15-24-13-7-12-23-24/h4-5,7-9,12-13H,6,10-11,14-15H2,1-3H3,(H,21,26)(H,22,25). The van der Waals surface area contributed by atoms with Gasteiger partial charge in [-0.1, -0.05) is 24.3 Å². The molecule has 0 fully saturated rings. The van der Waals surface area contributed by atoms with Gasteiger partial charge in [0.25, 0.3) is 0 Å². The third-order valence-corrected chi connectivity index (χ3v) is 3.73. The molecule has 2 rings (SSSR count). The highest BCUT2D eigenvalue weighted by Gasteiger charge is 2.15. The molecule has 1 heterocycles. The van der Waals surface area contributed by atoms with Crippen LogP contribution in [0.4, 0.5) is 4.79 Å². The molecule has 0 saturated heterocycles. The second-order valence-electron chi connectivity index (χ2n) is 7.28. The minimum Gasteiger partial charge on any atom is -0.444 e. The van der Waals surface area contributed by atoms with Gasteiger partial charge in [-0.25, -0.2) is 4.79 Å². The average Bonchev–Trinajstić information content (AvgIpc) is 3.09. The topological polar surface area (TPSA) is 85.2 Å². The molecule has 0 aliphatic rings. The van der Waals surface area contributed by atoms with Crippen molar-refractivity contribution in [2.75, 3.05) is 6.54 Å². The van der Waals surface area contributed by atoms with E-state index in [1.165, 1.54) is 0 Å². The molecule has 146 valence electrons. The Balaban J connectivity index is 1.71. The third kappa shape index (κ3) is 7.94. The van der Waals surface area contributed by atoms with Crippen molar-refractivity contribution in [3.63, 3.8) is 0 Å². The summed E-state index contributed by atoms with van der Waals surface area (Å²) in [6.07, 6.45) is 4.09. The van der Waals surface area contributed by atoms with Gasteiger partial charge in [0.2, 0.25) is 5.91 Å². The molecule has 0 saturated carbocycles. The summed E-state index contributed by atoms with van der Waals surface area (Å²) in [4.78, 5) is 23.6. The minimum atomic E-state index is -0.523. The number of alkyl carbamates (subject to hydrolysis) is 1. The molecule has 2 aromatic rings. The quantitative estimate of drug-likeness (QED) is 0.698. The van der Waals surface area contributed by atoms with E-state index in [2.05, 4.69) is 15.7 Å². The number of amides is 2. The minimum absolute atomic E-state index is 0.0464. The Morgan fingerprint density at radius 1 is 1.11 bits per heavy atom. The molecule has 2 amide bonds. The van der Waals surface area contributed by atoms with E-state index < -0.39 is 11.7 Å². The Morgan fingerprint density at radius 3 is 2.52 bits per heavy atom. The van der Waals surface area contributed by atoms with Crippen molar-refractivity contribution in [3.05, 3.63) is 53.9 Å². The number of carbonyl (C=O) groups is 2. The molecule has 7 heteroatoms. The van der Waals surface area contributed by atoms with Crippen molar-refractivity contribution in [3.8, 4) is 0 Å². The molecular weight excluding hydrogens is 344 g/mol. The summed E-state index contributed by atoms with van der Waals surface area (Å²) in [5, 5.41) is 9.80. The van der Waals surface area contributed by atoms with Crippen LogP contribution in [0.2, 0.25) is 0 Å². The zero-order valence-electron chi connectivity index (χ0n) is 16.2. The SMILES string of the molecule is CC(C)(C)OC(=O)NCCCC(=O)NCc1ccccc1Cn1cccn1. The van der Waals surface area contributed by atoms with E-state index in [0.717, 1.165) is 11.1 Å². The molecule has 2 N–H and O–H groups in total. The van der Waals surface area contributed by atoms with Crippen LogP contribution in [0, 0.1) is 0 Å². The Labute approximate surface area is 160 Å². The van der Waals surface area contributed by atoms with Crippen LogP contribution in [-0.2, 0) is 22.6 Å². The first kappa shape index (κ1) is 20.5. The van der Waals surface area contributed by atoms with Gasteiger partial charge >= 0.3 is 6.09 Å². The third-order valence-electron chi connectivity index (χ3n) is 3.73. The van der Waals surface area contributed by atoms with Crippen molar-refractivity contribution in [2.24, 2.45) is 0 Å². The fourth-order valence-electron chi connectivity index (χ4n) is 2.49. The van der Waals surface area contributed by atoms with E-state index in [9.17, 15) is 9.59 Å². The molecule has 0 radical (unpaired) electrons. The highest BCUT2D eigenvalue weighted by atomic mass is 16.6. The number of carbonyl (C=O) groups excluding carboxylic acids is 2. The van der Waals surface area contributed by atoms with Gasteiger partial charge in [0.1, 0.15) is 5.60 Å². The summed E-state index contributed by atoms with van der Waals surface area (Å²) in [5.41, 5.74) is 1.66. The van der Waals surface area contributed by atoms with Crippen LogP contribution in [0.25, 0.3) is 0 Å². The van der Waals surface area contributed by atoms with Crippen LogP contribution < -0.4 is 10.6 Å². The number of hydrogen-bond acceptors (Lipinski definition) is 4. The lowest BCUT2D eigenvalue weighted by Gasteiger charge is -2.19. The normalized spacial score (nSPS) is 11.1. The van der Waals surface area contributed by atoms with Crippen LogP contribution in [0.5, 0.6) is 0 Å². The molecule has 0 aliphatic heterocycles. The fraction of sp³-hybridized carbons (Fsp3) is 0.450. The molecule has 1 aromatic carbocycles. The highest BCUT2D eigenvalue weighted by molar-refractivity contribution is 5.76. The van der Waals surface area contributed by atoms with E-state index in [0.29, 0.717) is 32.5 Å². The van der Waals surface area contributed by atoms with Gasteiger partial charge in [-0.05, 0) is 44.4 Å². The number of aromatic nitrogens is 2. The molecule has 0 unspecified atom stereocenters. The lowest BCUT2D eigenvalue weighted by atomic mass is 10.1. The molecule has 0 aliphatic carbocycles. The maximum Gasteiger partial charge on any atom is 0.407 e. The van der Waals surface area contributed by atoms with Gasteiger partial charge in [0.15, 0.2) is 0 Å². The van der Waals surface area contributed by atoms with E-state index in [1.54, 1.807) is 6.20 Å². The van der Waals surface area contributed by atoms with Crippen molar-refractivity contribution in [1.82, 2.24) is 20.4 Å². The highest BCUT2D eigenvalue weighted by Crippen LogP contribution is 2.10. The van der Waals surface area contributed by atoms with Gasteiger partial charge < -0.3 is 15.4 Å². The molecule has 7 nitrogen and oxygen atoms in total. The van der Waals surface area contributed by atoms with Crippen LogP contribution >= 0.6 is 0 Å². The Bertz CT molecular complexity index is 736. The van der Waals surface area contributed by atoms with Gasteiger partial charge in [-0.2, -0.15) is 5.10 Å². The molecular formula is C20H28N4O3. The summed E-state index contributed by atoms with van der Waals surface area (Å²) in [6, 6.07) is 9.86. The maximum absolute atomic E-state index is 12.0. The van der Waals surface area contributed by atoms with Crippen LogP contribution in [-0.4, -0.2) is 33.9 Å². The predicted molar refractivity (Wildman–Crippen MR) is 103 cm³/mol. The summed E-state index contributed by atoms with van der Waals surface area (Å²) in [5.74, 6) is -0.0464. The van der Waals surface area contributed by atoms with Crippen molar-refractivity contribution in [1.29, 1.82) is 0 Å². The summed E-state index contributed by atoms with van der Waals surface area (Å²) >= 11 is 0. The maximum atomic E-state index is 12.0. The van der Waals surface area contributed by atoms with Crippen LogP contribution in [0.1, 0.15) is 44.7 Å². The van der Waals surface area contributed by atoms with E-state index in [-0.39, 0.29) is 5.91 Å². The lowest BCUT2D eigenvalue weighted by Crippen LogP contribution is -2.33. The van der Waals surface area contributed by atoms with Gasteiger partial charge in [0, 0.05) is 31.9 Å². The summed E-state index contributed by atoms with van der Waals surface area (Å²) in [6.45, 7) is 6.96.